The van der Waals surface area contributed by atoms with E-state index in [0.717, 1.165) is 45.7 Å². The lowest BCUT2D eigenvalue weighted by Crippen LogP contribution is -2.44. The first kappa shape index (κ1) is 18.7. The smallest absolute Gasteiger partial charge is 0.227 e. The number of fused-ring (bicyclic) bond motifs is 1. The van der Waals surface area contributed by atoms with Crippen LogP contribution in [0.4, 0.5) is 0 Å². The summed E-state index contributed by atoms with van der Waals surface area (Å²) >= 11 is 0. The molecule has 0 aliphatic carbocycles. The second-order valence-electron chi connectivity index (χ2n) is 7.42. The molecule has 0 unspecified atom stereocenters. The number of aromatic nitrogens is 2. The first-order chi connectivity index (χ1) is 13.5. The van der Waals surface area contributed by atoms with Crippen LogP contribution in [0.25, 0.3) is 11.0 Å². The molecule has 1 fully saturated rings. The fourth-order valence-electron chi connectivity index (χ4n) is 4.30. The lowest BCUT2D eigenvalue weighted by atomic mass is 10.0. The quantitative estimate of drug-likeness (QED) is 0.694. The molecule has 4 rings (SSSR count). The third-order valence-electron chi connectivity index (χ3n) is 5.78. The summed E-state index contributed by atoms with van der Waals surface area (Å²) in [5, 5.41) is 5.57. The number of ether oxygens (including phenoxy) is 1. The van der Waals surface area contributed by atoms with Crippen LogP contribution in [0.3, 0.4) is 0 Å². The number of nitrogens with zero attached hydrogens (tertiary/aromatic N) is 3. The number of furan rings is 1. The largest absolute Gasteiger partial charge is 0.461 e. The van der Waals surface area contributed by atoms with Gasteiger partial charge in [0.15, 0.2) is 0 Å². The van der Waals surface area contributed by atoms with Crippen molar-refractivity contribution in [1.82, 2.24) is 14.7 Å². The first-order valence-corrected chi connectivity index (χ1v) is 9.87. The highest BCUT2D eigenvalue weighted by atomic mass is 16.5. The van der Waals surface area contributed by atoms with Crippen LogP contribution in [0.15, 0.2) is 28.7 Å². The molecule has 1 aliphatic heterocycles. The number of carbonyl (C=O) groups is 1. The van der Waals surface area contributed by atoms with Gasteiger partial charge in [0.2, 0.25) is 5.91 Å². The Morgan fingerprint density at radius 3 is 2.79 bits per heavy atom. The highest BCUT2D eigenvalue weighted by Crippen LogP contribution is 2.32. The summed E-state index contributed by atoms with van der Waals surface area (Å²) < 4.78 is 13.6. The van der Waals surface area contributed by atoms with Gasteiger partial charge < -0.3 is 14.1 Å². The van der Waals surface area contributed by atoms with Gasteiger partial charge in [0.1, 0.15) is 11.3 Å². The summed E-state index contributed by atoms with van der Waals surface area (Å²) in [5.41, 5.74) is 4.99. The van der Waals surface area contributed by atoms with Crippen LogP contribution < -0.4 is 0 Å². The van der Waals surface area contributed by atoms with E-state index in [1.807, 2.05) is 54.7 Å². The molecular weight excluding hydrogens is 354 g/mol. The normalized spacial score (nSPS) is 17.4. The van der Waals surface area contributed by atoms with Crippen molar-refractivity contribution in [3.63, 3.8) is 0 Å². The predicted octanol–water partition coefficient (Wildman–Crippen LogP) is 3.49. The monoisotopic (exact) mass is 381 g/mol. The standard InChI is InChI=1S/C22H27N3O3/c1-5-19-17(16-8-6-7-9-20(16)28-19)12-21(26)25-10-11-27-13-18(25)22-14(2)23-24(4)15(22)3/h6-9,18H,5,10-13H2,1-4H3/t18-/m0/s1. The Morgan fingerprint density at radius 2 is 2.07 bits per heavy atom. The summed E-state index contributed by atoms with van der Waals surface area (Å²) in [7, 11) is 1.94. The summed E-state index contributed by atoms with van der Waals surface area (Å²) in [5.74, 6) is 1.00. The number of morpholine rings is 1. The highest BCUT2D eigenvalue weighted by Gasteiger charge is 2.33. The van der Waals surface area contributed by atoms with Crippen LogP contribution in [0.1, 0.15) is 41.2 Å². The molecule has 0 bridgehead atoms. The summed E-state index contributed by atoms with van der Waals surface area (Å²) in [6.07, 6.45) is 1.11. The van der Waals surface area contributed by atoms with Crippen LogP contribution in [0, 0.1) is 13.8 Å². The molecule has 2 aromatic heterocycles. The molecule has 1 saturated heterocycles. The maximum absolute atomic E-state index is 13.4. The lowest BCUT2D eigenvalue weighted by molar-refractivity contribution is -0.139. The molecule has 0 saturated carbocycles. The van der Waals surface area contributed by atoms with E-state index in [1.165, 1.54) is 0 Å². The summed E-state index contributed by atoms with van der Waals surface area (Å²) in [4.78, 5) is 15.4. The van der Waals surface area contributed by atoms with E-state index in [1.54, 1.807) is 0 Å². The third kappa shape index (κ3) is 3.11. The second kappa shape index (κ2) is 7.43. The fourth-order valence-corrected chi connectivity index (χ4v) is 4.30. The fraction of sp³-hybridized carbons (Fsp3) is 0.455. The van der Waals surface area contributed by atoms with Gasteiger partial charge in [-0.25, -0.2) is 0 Å². The molecule has 0 radical (unpaired) electrons. The summed E-state index contributed by atoms with van der Waals surface area (Å²) in [6, 6.07) is 7.85. The third-order valence-corrected chi connectivity index (χ3v) is 5.78. The minimum Gasteiger partial charge on any atom is -0.461 e. The zero-order valence-electron chi connectivity index (χ0n) is 17.0. The van der Waals surface area contributed by atoms with Gasteiger partial charge in [-0.1, -0.05) is 25.1 Å². The van der Waals surface area contributed by atoms with Crippen molar-refractivity contribution in [3.8, 4) is 0 Å². The van der Waals surface area contributed by atoms with Crippen molar-refractivity contribution in [2.75, 3.05) is 19.8 Å². The average Bonchev–Trinajstić information content (AvgIpc) is 3.18. The lowest BCUT2D eigenvalue weighted by Gasteiger charge is -2.36. The van der Waals surface area contributed by atoms with Gasteiger partial charge in [-0.3, -0.25) is 9.48 Å². The van der Waals surface area contributed by atoms with Gasteiger partial charge in [0.05, 0.1) is 31.4 Å². The number of para-hydroxylation sites is 1. The number of rotatable bonds is 4. The number of hydrogen-bond donors (Lipinski definition) is 0. The number of hydrogen-bond acceptors (Lipinski definition) is 4. The molecule has 0 N–H and O–H groups in total. The molecular formula is C22H27N3O3. The number of aryl methyl sites for hydroxylation is 3. The van der Waals surface area contributed by atoms with E-state index in [0.29, 0.717) is 26.2 Å². The van der Waals surface area contributed by atoms with Crippen LogP contribution >= 0.6 is 0 Å². The molecule has 1 atom stereocenters. The topological polar surface area (TPSA) is 60.5 Å². The molecule has 148 valence electrons. The van der Waals surface area contributed by atoms with Gasteiger partial charge >= 0.3 is 0 Å². The Balaban J connectivity index is 1.67. The minimum absolute atomic E-state index is 0.0989. The Hall–Kier alpha value is -2.60. The minimum atomic E-state index is -0.0989. The van der Waals surface area contributed by atoms with E-state index in [4.69, 9.17) is 9.15 Å². The molecule has 1 aromatic carbocycles. The number of carbonyl (C=O) groups excluding carboxylic acids is 1. The molecule has 28 heavy (non-hydrogen) atoms. The van der Waals surface area contributed by atoms with Gasteiger partial charge in [-0.15, -0.1) is 0 Å². The van der Waals surface area contributed by atoms with Crippen LogP contribution in [0.2, 0.25) is 0 Å². The van der Waals surface area contributed by atoms with Crippen molar-refractivity contribution in [3.05, 3.63) is 52.5 Å². The SMILES string of the molecule is CCc1oc2ccccc2c1CC(=O)N1CCOC[C@H]1c1c(C)nn(C)c1C. The summed E-state index contributed by atoms with van der Waals surface area (Å²) in [6.45, 7) is 7.77. The highest BCUT2D eigenvalue weighted by molar-refractivity contribution is 5.89. The molecule has 6 heteroatoms. The first-order valence-electron chi connectivity index (χ1n) is 9.87. The van der Waals surface area contributed by atoms with Crippen molar-refractivity contribution in [1.29, 1.82) is 0 Å². The van der Waals surface area contributed by atoms with Crippen LogP contribution in [-0.2, 0) is 29.4 Å². The Bertz CT molecular complexity index is 1020. The maximum Gasteiger partial charge on any atom is 0.227 e. The van der Waals surface area contributed by atoms with Crippen molar-refractivity contribution < 1.29 is 13.9 Å². The molecule has 3 aromatic rings. The van der Waals surface area contributed by atoms with Crippen LogP contribution in [-0.4, -0.2) is 40.3 Å². The van der Waals surface area contributed by atoms with Crippen LogP contribution in [0.5, 0.6) is 0 Å². The van der Waals surface area contributed by atoms with E-state index < -0.39 is 0 Å². The predicted molar refractivity (Wildman–Crippen MR) is 107 cm³/mol. The Kier molecular flexibility index (Phi) is 4.98. The molecule has 3 heterocycles. The van der Waals surface area contributed by atoms with E-state index >= 15 is 0 Å². The maximum atomic E-state index is 13.4. The number of benzene rings is 1. The Morgan fingerprint density at radius 1 is 1.29 bits per heavy atom. The van der Waals surface area contributed by atoms with Crippen molar-refractivity contribution >= 4 is 16.9 Å². The van der Waals surface area contributed by atoms with Gasteiger partial charge in [-0.2, -0.15) is 5.10 Å². The van der Waals surface area contributed by atoms with Crippen molar-refractivity contribution in [2.24, 2.45) is 7.05 Å². The molecule has 0 spiro atoms. The Labute approximate surface area is 165 Å². The van der Waals surface area contributed by atoms with Crippen molar-refractivity contribution in [2.45, 2.75) is 39.7 Å². The molecule has 1 amide bonds. The van der Waals surface area contributed by atoms with Gasteiger partial charge in [0, 0.05) is 42.2 Å². The average molecular weight is 381 g/mol. The number of amides is 1. The molecule has 1 aliphatic rings. The van der Waals surface area contributed by atoms with Gasteiger partial charge in [0.25, 0.3) is 0 Å². The zero-order chi connectivity index (χ0) is 19.8. The zero-order valence-corrected chi connectivity index (χ0v) is 17.0. The van der Waals surface area contributed by atoms with E-state index in [9.17, 15) is 4.79 Å². The van der Waals surface area contributed by atoms with E-state index in [2.05, 4.69) is 12.0 Å². The van der Waals surface area contributed by atoms with Gasteiger partial charge in [-0.05, 0) is 19.9 Å². The molecule has 6 nitrogen and oxygen atoms in total. The second-order valence-corrected chi connectivity index (χ2v) is 7.42. The van der Waals surface area contributed by atoms with E-state index in [-0.39, 0.29) is 11.9 Å².